The van der Waals surface area contributed by atoms with Crippen LogP contribution in [-0.2, 0) is 42.9 Å². The largest absolute Gasteiger partial charge is 0.458 e. The Labute approximate surface area is 262 Å². The maximum atomic E-state index is 14.1. The second kappa shape index (κ2) is 13.9. The van der Waals surface area contributed by atoms with Gasteiger partial charge in [-0.05, 0) is 38.3 Å². The van der Waals surface area contributed by atoms with Gasteiger partial charge in [-0.3, -0.25) is 24.0 Å². The fourth-order valence-electron chi connectivity index (χ4n) is 6.04. The third-order valence-corrected chi connectivity index (χ3v) is 8.35. The first-order chi connectivity index (χ1) is 20.9. The lowest BCUT2D eigenvalue weighted by Gasteiger charge is -2.41. The zero-order valence-corrected chi connectivity index (χ0v) is 26.7. The van der Waals surface area contributed by atoms with Crippen LogP contribution in [0.2, 0.25) is 0 Å². The molecule has 2 aliphatic carbocycles. The Balaban J connectivity index is 2.33. The second-order valence-electron chi connectivity index (χ2n) is 12.4. The maximum absolute atomic E-state index is 14.1. The molecule has 1 fully saturated rings. The summed E-state index contributed by atoms with van der Waals surface area (Å²) < 4.78 is 22.8. The highest BCUT2D eigenvalue weighted by atomic mass is 16.6. The first-order valence-electron chi connectivity index (χ1n) is 14.9. The van der Waals surface area contributed by atoms with Gasteiger partial charge in [-0.25, -0.2) is 4.79 Å². The molecule has 244 valence electrons. The molecule has 0 spiro atoms. The molecule has 3 rings (SSSR count). The van der Waals surface area contributed by atoms with E-state index in [1.165, 1.54) is 45.1 Å². The maximum Gasteiger partial charge on any atom is 0.338 e. The molecule has 0 aromatic heterocycles. The summed E-state index contributed by atoms with van der Waals surface area (Å²) in [5.41, 5.74) is -3.64. The van der Waals surface area contributed by atoms with E-state index in [2.05, 4.69) is 6.58 Å². The quantitative estimate of drug-likeness (QED) is 0.279. The van der Waals surface area contributed by atoms with E-state index in [1.54, 1.807) is 32.0 Å². The third kappa shape index (κ3) is 7.58. The highest BCUT2D eigenvalue weighted by molar-refractivity contribution is 5.95. The van der Waals surface area contributed by atoms with Crippen molar-refractivity contribution in [1.29, 1.82) is 0 Å². The second-order valence-corrected chi connectivity index (χ2v) is 12.4. The first-order valence-corrected chi connectivity index (χ1v) is 14.9. The highest BCUT2D eigenvalue weighted by Crippen LogP contribution is 2.49. The zero-order valence-electron chi connectivity index (χ0n) is 26.7. The number of allylic oxidation sites excluding steroid dienone is 2. The van der Waals surface area contributed by atoms with Gasteiger partial charge in [0.15, 0.2) is 17.7 Å². The molecule has 0 unspecified atom stereocenters. The zero-order chi connectivity index (χ0) is 33.9. The van der Waals surface area contributed by atoms with Gasteiger partial charge in [0.1, 0.15) is 17.8 Å². The number of hydrogen-bond acceptors (Lipinski definition) is 11. The van der Waals surface area contributed by atoms with Crippen LogP contribution in [0.5, 0.6) is 0 Å². The lowest BCUT2D eigenvalue weighted by molar-refractivity contribution is -0.175. The summed E-state index contributed by atoms with van der Waals surface area (Å²) in [5, 5.41) is 12.3. The fraction of sp³-hybridized carbons (Fsp3) is 0.529. The molecule has 1 N–H and O–H groups in total. The number of rotatable bonds is 6. The molecule has 8 atom stereocenters. The number of esters is 4. The van der Waals surface area contributed by atoms with Gasteiger partial charge in [-0.2, -0.15) is 0 Å². The van der Waals surface area contributed by atoms with Crippen molar-refractivity contribution in [2.75, 3.05) is 0 Å². The highest BCUT2D eigenvalue weighted by Gasteiger charge is 2.63. The van der Waals surface area contributed by atoms with Gasteiger partial charge >= 0.3 is 23.9 Å². The van der Waals surface area contributed by atoms with Gasteiger partial charge in [0.05, 0.1) is 11.5 Å². The van der Waals surface area contributed by atoms with Crippen LogP contribution in [0.4, 0.5) is 0 Å². The molecule has 0 aliphatic heterocycles. The molecule has 0 radical (unpaired) electrons. The number of ketones is 2. The molecule has 0 heterocycles. The van der Waals surface area contributed by atoms with Crippen molar-refractivity contribution in [2.24, 2.45) is 23.2 Å². The monoisotopic (exact) mass is 626 g/mol. The summed E-state index contributed by atoms with van der Waals surface area (Å²) in [6, 6.07) is 8.07. The number of Topliss-reactive ketones (excluding diaryl/α,β-unsaturated/α-hetero) is 2. The van der Waals surface area contributed by atoms with Crippen LogP contribution in [-0.4, -0.2) is 70.6 Å². The van der Waals surface area contributed by atoms with Crippen molar-refractivity contribution in [3.05, 3.63) is 60.2 Å². The van der Waals surface area contributed by atoms with Crippen molar-refractivity contribution in [1.82, 2.24) is 0 Å². The van der Waals surface area contributed by atoms with Gasteiger partial charge in [0.2, 0.25) is 6.10 Å². The third-order valence-electron chi connectivity index (χ3n) is 8.35. The molecule has 0 amide bonds. The number of fused-ring (bicyclic) bond motifs is 1. The van der Waals surface area contributed by atoms with Crippen molar-refractivity contribution in [3.8, 4) is 0 Å². The molecule has 1 saturated carbocycles. The molecular formula is C34H42O11. The number of benzene rings is 1. The predicted molar refractivity (Wildman–Crippen MR) is 160 cm³/mol. The molecule has 1 aromatic rings. The number of aliphatic hydroxyl groups is 1. The molecule has 2 aliphatic rings. The Morgan fingerprint density at radius 3 is 2.02 bits per heavy atom. The van der Waals surface area contributed by atoms with Gasteiger partial charge in [-0.1, -0.05) is 57.7 Å². The average Bonchev–Trinajstić information content (AvgIpc) is 3.23. The van der Waals surface area contributed by atoms with Crippen molar-refractivity contribution < 1.29 is 52.8 Å². The summed E-state index contributed by atoms with van der Waals surface area (Å²) in [5.74, 6) is -7.66. The Morgan fingerprint density at radius 2 is 1.47 bits per heavy atom. The van der Waals surface area contributed by atoms with Crippen LogP contribution in [0.25, 0.3) is 0 Å². The van der Waals surface area contributed by atoms with E-state index in [1.807, 2.05) is 0 Å². The van der Waals surface area contributed by atoms with E-state index in [9.17, 15) is 33.9 Å². The molecule has 0 bridgehead atoms. The lowest BCUT2D eigenvalue weighted by atomic mass is 9.72. The Kier molecular flexibility index (Phi) is 10.9. The van der Waals surface area contributed by atoms with Gasteiger partial charge in [-0.15, -0.1) is 0 Å². The normalized spacial score (nSPS) is 32.3. The molecule has 11 nitrogen and oxygen atoms in total. The van der Waals surface area contributed by atoms with Gasteiger partial charge < -0.3 is 24.1 Å². The van der Waals surface area contributed by atoms with Crippen LogP contribution in [0.3, 0.4) is 0 Å². The SMILES string of the molecule is C=C1[C@H](OC(C)=O)[C@H]2[C@@H](OC(=O)c3ccccc3)[C@@H](C)C[C@]2(O)C(=O)[C@@H](C)/C=C/C(C)(C)C(=O)[C@H](OC(C)=O)[C@H]1OC(=O)CC. The molecular weight excluding hydrogens is 584 g/mol. The van der Waals surface area contributed by atoms with E-state index in [0.717, 1.165) is 13.8 Å². The summed E-state index contributed by atoms with van der Waals surface area (Å²) in [6.07, 6.45) is -3.70. The topological polar surface area (TPSA) is 160 Å². The number of ether oxygens (including phenoxy) is 4. The van der Waals surface area contributed by atoms with Gasteiger partial charge in [0.25, 0.3) is 0 Å². The smallest absolute Gasteiger partial charge is 0.338 e. The molecule has 45 heavy (non-hydrogen) atoms. The number of hydrogen-bond donors (Lipinski definition) is 1. The predicted octanol–water partition coefficient (Wildman–Crippen LogP) is 3.71. The number of carbonyl (C=O) groups excluding carboxylic acids is 6. The van der Waals surface area contributed by atoms with Crippen LogP contribution in [0, 0.1) is 23.2 Å². The Morgan fingerprint density at radius 1 is 0.889 bits per heavy atom. The van der Waals surface area contributed by atoms with Crippen molar-refractivity contribution >= 4 is 35.4 Å². The summed E-state index contributed by atoms with van der Waals surface area (Å²) in [7, 11) is 0. The minimum absolute atomic E-state index is 0.135. The minimum Gasteiger partial charge on any atom is -0.458 e. The molecule has 1 aromatic carbocycles. The van der Waals surface area contributed by atoms with E-state index in [4.69, 9.17) is 18.9 Å². The Hall–Kier alpha value is -4.12. The standard InChI is InChI=1S/C34H42O11/c1-9-24(37)44-28-20(4)27(42-21(5)35)25-26(45-32(40)23-13-11-10-12-14-23)19(3)17-34(25,41)30(38)18(2)15-16-33(7,8)31(39)29(28)43-22(6)36/h10-16,18-19,25-29,41H,4,9,17H2,1-3,5-8H3/b16-15+/t18-,19-,25+,26-,27-,28-,29+,34+/m0/s1. The molecule has 0 saturated heterocycles. The van der Waals surface area contributed by atoms with Crippen LogP contribution < -0.4 is 0 Å². The summed E-state index contributed by atoms with van der Waals surface area (Å²) in [4.78, 5) is 79.0. The van der Waals surface area contributed by atoms with E-state index in [-0.39, 0.29) is 24.0 Å². The Bertz CT molecular complexity index is 1380. The average molecular weight is 627 g/mol. The molecule has 11 heteroatoms. The lowest BCUT2D eigenvalue weighted by Crippen LogP contribution is -2.56. The summed E-state index contributed by atoms with van der Waals surface area (Å²) >= 11 is 0. The van der Waals surface area contributed by atoms with Crippen molar-refractivity contribution in [3.63, 3.8) is 0 Å². The van der Waals surface area contributed by atoms with Crippen molar-refractivity contribution in [2.45, 2.75) is 91.3 Å². The van der Waals surface area contributed by atoms with E-state index in [0.29, 0.717) is 0 Å². The van der Waals surface area contributed by atoms with Crippen LogP contribution in [0.1, 0.15) is 71.7 Å². The van der Waals surface area contributed by atoms with E-state index >= 15 is 0 Å². The van der Waals surface area contributed by atoms with Gasteiger partial charge in [0, 0.05) is 37.2 Å². The fourth-order valence-corrected chi connectivity index (χ4v) is 6.04. The van der Waals surface area contributed by atoms with E-state index < -0.39 is 88.6 Å². The number of carbonyl (C=O) groups is 6. The minimum atomic E-state index is -2.24. The van der Waals surface area contributed by atoms with Crippen LogP contribution in [0.15, 0.2) is 54.6 Å². The summed E-state index contributed by atoms with van der Waals surface area (Å²) in [6.45, 7) is 14.0. The first kappa shape index (κ1) is 35.4. The van der Waals surface area contributed by atoms with Crippen LogP contribution >= 0.6 is 0 Å².